The Labute approximate surface area is 162 Å². The lowest BCUT2D eigenvalue weighted by Gasteiger charge is -2.22. The first kappa shape index (κ1) is 19.1. The zero-order valence-corrected chi connectivity index (χ0v) is 16.6. The third-order valence-corrected chi connectivity index (χ3v) is 4.90. The summed E-state index contributed by atoms with van der Waals surface area (Å²) < 4.78 is 14.3. The van der Waals surface area contributed by atoms with Gasteiger partial charge in [-0.25, -0.2) is 0 Å². The Balaban J connectivity index is 1.55. The highest BCUT2D eigenvalue weighted by Gasteiger charge is 2.14. The van der Waals surface area contributed by atoms with Crippen LogP contribution in [0.15, 0.2) is 41.0 Å². The van der Waals surface area contributed by atoms with E-state index >= 15 is 0 Å². The maximum absolute atomic E-state index is 12.5. The molecule has 0 saturated carbocycles. The first-order chi connectivity index (χ1) is 12.7. The van der Waals surface area contributed by atoms with Crippen molar-refractivity contribution in [2.24, 2.45) is 0 Å². The summed E-state index contributed by atoms with van der Waals surface area (Å²) in [6, 6.07) is 9.60. The summed E-state index contributed by atoms with van der Waals surface area (Å²) in [6.45, 7) is 4.73. The smallest absolute Gasteiger partial charge is 0.272 e. The van der Waals surface area contributed by atoms with Crippen molar-refractivity contribution >= 4 is 27.5 Å². The lowest BCUT2D eigenvalue weighted by Crippen LogP contribution is -2.24. The van der Waals surface area contributed by atoms with Gasteiger partial charge in [-0.3, -0.25) is 4.79 Å². The molecule has 1 atom stereocenters. The van der Waals surface area contributed by atoms with E-state index < -0.39 is 0 Å². The minimum atomic E-state index is -0.119. The Hall–Kier alpha value is -1.63. The van der Waals surface area contributed by atoms with Crippen LogP contribution in [0.25, 0.3) is 0 Å². The first-order valence-corrected chi connectivity index (χ1v) is 9.90. The number of aryl methyl sites for hydroxylation is 1. The average molecular weight is 421 g/mol. The van der Waals surface area contributed by atoms with Crippen molar-refractivity contribution < 1.29 is 14.3 Å². The molecule has 1 aliphatic heterocycles. The third-order valence-electron chi connectivity index (χ3n) is 4.47. The van der Waals surface area contributed by atoms with Crippen LogP contribution in [0.1, 0.15) is 42.2 Å². The van der Waals surface area contributed by atoms with Crippen molar-refractivity contribution in [2.75, 3.05) is 18.5 Å². The molecule has 1 fully saturated rings. The maximum atomic E-state index is 12.5. The van der Waals surface area contributed by atoms with Crippen molar-refractivity contribution in [3.8, 4) is 0 Å². The van der Waals surface area contributed by atoms with Gasteiger partial charge < -0.3 is 19.4 Å². The van der Waals surface area contributed by atoms with Crippen LogP contribution in [-0.2, 0) is 22.6 Å². The number of nitrogens with zero attached hydrogens (tertiary/aromatic N) is 1. The largest absolute Gasteiger partial charge is 0.376 e. The molecule has 0 spiro atoms. The lowest BCUT2D eigenvalue weighted by molar-refractivity contribution is -0.0447. The van der Waals surface area contributed by atoms with Gasteiger partial charge >= 0.3 is 0 Å². The van der Waals surface area contributed by atoms with E-state index in [-0.39, 0.29) is 12.0 Å². The molecule has 0 bridgehead atoms. The number of halogens is 1. The Morgan fingerprint density at radius 2 is 2.27 bits per heavy atom. The van der Waals surface area contributed by atoms with Crippen LogP contribution in [0, 0.1) is 0 Å². The van der Waals surface area contributed by atoms with Crippen LogP contribution >= 0.6 is 15.9 Å². The summed E-state index contributed by atoms with van der Waals surface area (Å²) in [5.41, 5.74) is 2.44. The number of ether oxygens (including phenoxy) is 2. The molecule has 5 nitrogen and oxygen atoms in total. The highest BCUT2D eigenvalue weighted by Crippen LogP contribution is 2.18. The number of anilines is 1. The van der Waals surface area contributed by atoms with Gasteiger partial charge in [0.1, 0.15) is 5.69 Å². The standard InChI is InChI=1S/C20H25BrN2O3/c1-2-23-12-16(21)11-19(23)20(24)22-17-7-5-6-15(10-17)13-25-14-18-8-3-4-9-26-18/h5-7,10-12,18H,2-4,8-9,13-14H2,1H3,(H,22,24). The molecule has 3 rings (SSSR count). The van der Waals surface area contributed by atoms with E-state index in [0.717, 1.165) is 41.7 Å². The molecule has 140 valence electrons. The third kappa shape index (κ3) is 5.19. The van der Waals surface area contributed by atoms with Crippen LogP contribution in [0.5, 0.6) is 0 Å². The van der Waals surface area contributed by atoms with Gasteiger partial charge in [0.25, 0.3) is 5.91 Å². The molecule has 26 heavy (non-hydrogen) atoms. The maximum Gasteiger partial charge on any atom is 0.272 e. The fourth-order valence-corrected chi connectivity index (χ4v) is 3.57. The van der Waals surface area contributed by atoms with Gasteiger partial charge in [0.15, 0.2) is 0 Å². The first-order valence-electron chi connectivity index (χ1n) is 9.11. The molecule has 1 unspecified atom stereocenters. The van der Waals surface area contributed by atoms with E-state index in [9.17, 15) is 4.79 Å². The average Bonchev–Trinajstić information content (AvgIpc) is 3.04. The van der Waals surface area contributed by atoms with Crippen LogP contribution in [-0.4, -0.2) is 29.8 Å². The second kappa shape index (κ2) is 9.35. The van der Waals surface area contributed by atoms with E-state index in [1.54, 1.807) is 0 Å². The Morgan fingerprint density at radius 3 is 3.04 bits per heavy atom. The number of hydrogen-bond donors (Lipinski definition) is 1. The molecule has 2 aromatic rings. The van der Waals surface area contributed by atoms with Gasteiger partial charge in [-0.15, -0.1) is 0 Å². The van der Waals surface area contributed by atoms with Gasteiger partial charge in [0.2, 0.25) is 0 Å². The molecule has 2 heterocycles. The molecule has 1 aliphatic rings. The molecule has 0 aliphatic carbocycles. The monoisotopic (exact) mass is 420 g/mol. The number of aromatic nitrogens is 1. The Kier molecular flexibility index (Phi) is 6.88. The topological polar surface area (TPSA) is 52.5 Å². The van der Waals surface area contributed by atoms with Gasteiger partial charge in [-0.2, -0.15) is 0 Å². The fraction of sp³-hybridized carbons (Fsp3) is 0.450. The molecular weight excluding hydrogens is 396 g/mol. The van der Waals surface area contributed by atoms with Crippen molar-refractivity contribution in [1.82, 2.24) is 4.57 Å². The predicted molar refractivity (Wildman–Crippen MR) is 105 cm³/mol. The zero-order valence-electron chi connectivity index (χ0n) is 15.0. The minimum Gasteiger partial charge on any atom is -0.376 e. The summed E-state index contributed by atoms with van der Waals surface area (Å²) in [4.78, 5) is 12.5. The van der Waals surface area contributed by atoms with Crippen LogP contribution in [0.3, 0.4) is 0 Å². The number of benzene rings is 1. The van der Waals surface area contributed by atoms with Crippen molar-refractivity contribution in [1.29, 1.82) is 0 Å². The molecular formula is C20H25BrN2O3. The number of amides is 1. The quantitative estimate of drug-likeness (QED) is 0.711. The summed E-state index contributed by atoms with van der Waals surface area (Å²) in [6.07, 6.45) is 5.56. The lowest BCUT2D eigenvalue weighted by atomic mass is 10.1. The van der Waals surface area contributed by atoms with E-state index in [1.165, 1.54) is 6.42 Å². The van der Waals surface area contributed by atoms with Crippen LogP contribution < -0.4 is 5.32 Å². The van der Waals surface area contributed by atoms with Crippen LogP contribution in [0.2, 0.25) is 0 Å². The summed E-state index contributed by atoms with van der Waals surface area (Å²) in [5.74, 6) is -0.119. The predicted octanol–water partition coefficient (Wildman–Crippen LogP) is 4.61. The van der Waals surface area contributed by atoms with E-state index in [1.807, 2.05) is 48.0 Å². The summed E-state index contributed by atoms with van der Waals surface area (Å²) >= 11 is 3.42. The van der Waals surface area contributed by atoms with Crippen molar-refractivity contribution in [3.63, 3.8) is 0 Å². The highest BCUT2D eigenvalue weighted by molar-refractivity contribution is 9.10. The molecule has 6 heteroatoms. The second-order valence-corrected chi connectivity index (χ2v) is 7.40. The molecule has 1 aromatic carbocycles. The Bertz CT molecular complexity index is 738. The summed E-state index contributed by atoms with van der Waals surface area (Å²) in [5, 5.41) is 2.97. The molecule has 1 amide bonds. The SMILES string of the molecule is CCn1cc(Br)cc1C(=O)Nc1cccc(COCC2CCCCO2)c1. The normalized spacial score (nSPS) is 17.2. The number of nitrogens with one attached hydrogen (secondary N) is 1. The van der Waals surface area contributed by atoms with Gasteiger partial charge in [0.05, 0.1) is 19.3 Å². The van der Waals surface area contributed by atoms with Crippen LogP contribution in [0.4, 0.5) is 5.69 Å². The minimum absolute atomic E-state index is 0.119. The van der Waals surface area contributed by atoms with Gasteiger partial charge in [0, 0.05) is 29.5 Å². The number of carbonyl (C=O) groups is 1. The summed E-state index contributed by atoms with van der Waals surface area (Å²) in [7, 11) is 0. The highest BCUT2D eigenvalue weighted by atomic mass is 79.9. The number of rotatable bonds is 7. The second-order valence-electron chi connectivity index (χ2n) is 6.49. The molecule has 0 radical (unpaired) electrons. The van der Waals surface area contributed by atoms with E-state index in [4.69, 9.17) is 9.47 Å². The molecule has 1 aromatic heterocycles. The fourth-order valence-electron chi connectivity index (χ4n) is 3.11. The zero-order chi connectivity index (χ0) is 18.4. The van der Waals surface area contributed by atoms with Gasteiger partial charge in [-0.05, 0) is 65.9 Å². The van der Waals surface area contributed by atoms with Crippen molar-refractivity contribution in [3.05, 3.63) is 52.3 Å². The molecule has 1 saturated heterocycles. The van der Waals surface area contributed by atoms with Gasteiger partial charge in [-0.1, -0.05) is 12.1 Å². The Morgan fingerprint density at radius 1 is 1.38 bits per heavy atom. The molecule has 1 N–H and O–H groups in total. The van der Waals surface area contributed by atoms with E-state index in [0.29, 0.717) is 18.9 Å². The van der Waals surface area contributed by atoms with E-state index in [2.05, 4.69) is 21.2 Å². The number of hydrogen-bond acceptors (Lipinski definition) is 3. The number of carbonyl (C=O) groups excluding carboxylic acids is 1. The van der Waals surface area contributed by atoms with Crippen molar-refractivity contribution in [2.45, 2.75) is 45.4 Å².